The molecule has 130 valence electrons. The third-order valence-corrected chi connectivity index (χ3v) is 3.83. The molecule has 1 aromatic carbocycles. The van der Waals surface area contributed by atoms with Gasteiger partial charge in [-0.1, -0.05) is 17.7 Å². The quantitative estimate of drug-likeness (QED) is 0.629. The second-order valence-electron chi connectivity index (χ2n) is 5.67. The highest BCUT2D eigenvalue weighted by molar-refractivity contribution is 5.79. The second kappa shape index (κ2) is 8.38. The van der Waals surface area contributed by atoms with Crippen LogP contribution in [-0.2, 0) is 13.0 Å². The molecule has 24 heavy (non-hydrogen) atoms. The number of aromatic nitrogens is 1. The Kier molecular flexibility index (Phi) is 6.23. The second-order valence-corrected chi connectivity index (χ2v) is 5.67. The summed E-state index contributed by atoms with van der Waals surface area (Å²) < 4.78 is 11.0. The van der Waals surface area contributed by atoms with E-state index in [1.807, 2.05) is 19.9 Å². The van der Waals surface area contributed by atoms with Crippen LogP contribution in [0.2, 0.25) is 0 Å². The van der Waals surface area contributed by atoms with Crippen molar-refractivity contribution in [3.8, 4) is 5.75 Å². The van der Waals surface area contributed by atoms with E-state index >= 15 is 0 Å². The van der Waals surface area contributed by atoms with Crippen molar-refractivity contribution >= 4 is 5.96 Å². The molecule has 6 nitrogen and oxygen atoms in total. The monoisotopic (exact) mass is 330 g/mol. The van der Waals surface area contributed by atoms with Gasteiger partial charge in [0, 0.05) is 13.6 Å². The highest BCUT2D eigenvalue weighted by Crippen LogP contribution is 2.19. The molecule has 1 aromatic heterocycles. The lowest BCUT2D eigenvalue weighted by molar-refractivity contribution is 0.409. The first-order chi connectivity index (χ1) is 11.5. The number of nitrogens with zero attached hydrogens (tertiary/aromatic N) is 2. The fourth-order valence-electron chi connectivity index (χ4n) is 2.41. The van der Waals surface area contributed by atoms with Crippen molar-refractivity contribution in [3.63, 3.8) is 0 Å². The Hall–Kier alpha value is -2.50. The Balaban J connectivity index is 1.84. The van der Waals surface area contributed by atoms with E-state index in [1.54, 1.807) is 14.2 Å². The Morgan fingerprint density at radius 1 is 1.25 bits per heavy atom. The van der Waals surface area contributed by atoms with Crippen molar-refractivity contribution in [1.82, 2.24) is 15.6 Å². The van der Waals surface area contributed by atoms with Crippen LogP contribution in [0.15, 0.2) is 27.6 Å². The summed E-state index contributed by atoms with van der Waals surface area (Å²) in [6, 6.07) is 6.20. The third kappa shape index (κ3) is 4.75. The van der Waals surface area contributed by atoms with Gasteiger partial charge in [-0.15, -0.1) is 0 Å². The largest absolute Gasteiger partial charge is 0.496 e. The molecule has 1 heterocycles. The van der Waals surface area contributed by atoms with Crippen LogP contribution >= 0.6 is 0 Å². The number of rotatable bonds is 6. The molecule has 0 atom stereocenters. The van der Waals surface area contributed by atoms with E-state index < -0.39 is 0 Å². The molecule has 0 bridgehead atoms. The summed E-state index contributed by atoms with van der Waals surface area (Å²) in [6.07, 6.45) is 0.850. The van der Waals surface area contributed by atoms with Crippen LogP contribution in [0.25, 0.3) is 0 Å². The SMILES string of the molecule is CN=C(NCCc1cc(C)ccc1OC)NCc1nc(C)c(C)o1. The number of guanidine groups is 1. The number of nitrogens with one attached hydrogen (secondary N) is 2. The van der Waals surface area contributed by atoms with Gasteiger partial charge >= 0.3 is 0 Å². The molecule has 2 aromatic rings. The lowest BCUT2D eigenvalue weighted by atomic mass is 10.1. The molecule has 0 spiro atoms. The van der Waals surface area contributed by atoms with Gasteiger partial charge in [-0.3, -0.25) is 4.99 Å². The summed E-state index contributed by atoms with van der Waals surface area (Å²) in [5.74, 6) is 3.14. The van der Waals surface area contributed by atoms with Gasteiger partial charge in [0.2, 0.25) is 5.89 Å². The van der Waals surface area contributed by atoms with Gasteiger partial charge in [0.05, 0.1) is 19.3 Å². The maximum atomic E-state index is 5.55. The predicted molar refractivity (Wildman–Crippen MR) is 95.6 cm³/mol. The first-order valence-electron chi connectivity index (χ1n) is 8.04. The summed E-state index contributed by atoms with van der Waals surface area (Å²) in [5, 5.41) is 6.50. The van der Waals surface area contributed by atoms with Gasteiger partial charge in [-0.25, -0.2) is 4.98 Å². The number of ether oxygens (including phenoxy) is 1. The van der Waals surface area contributed by atoms with Crippen molar-refractivity contribution in [2.24, 2.45) is 4.99 Å². The van der Waals surface area contributed by atoms with Crippen molar-refractivity contribution in [2.45, 2.75) is 33.7 Å². The van der Waals surface area contributed by atoms with Crippen LogP contribution in [0.4, 0.5) is 0 Å². The average Bonchev–Trinajstić information content (AvgIpc) is 2.89. The highest BCUT2D eigenvalue weighted by Gasteiger charge is 2.07. The zero-order valence-electron chi connectivity index (χ0n) is 15.1. The fourth-order valence-corrected chi connectivity index (χ4v) is 2.41. The molecule has 0 radical (unpaired) electrons. The molecule has 0 aliphatic rings. The fraction of sp³-hybridized carbons (Fsp3) is 0.444. The number of oxazole rings is 1. The van der Waals surface area contributed by atoms with E-state index in [2.05, 4.69) is 39.7 Å². The number of aliphatic imine (C=N–C) groups is 1. The zero-order valence-corrected chi connectivity index (χ0v) is 15.1. The van der Waals surface area contributed by atoms with E-state index in [-0.39, 0.29) is 0 Å². The van der Waals surface area contributed by atoms with Crippen molar-refractivity contribution in [2.75, 3.05) is 20.7 Å². The number of benzene rings is 1. The average molecular weight is 330 g/mol. The van der Waals surface area contributed by atoms with Gasteiger partial charge < -0.3 is 19.8 Å². The Labute approximate surface area is 143 Å². The minimum absolute atomic E-state index is 0.502. The van der Waals surface area contributed by atoms with Crippen LogP contribution in [0, 0.1) is 20.8 Å². The number of methoxy groups -OCH3 is 1. The Morgan fingerprint density at radius 2 is 2.04 bits per heavy atom. The minimum Gasteiger partial charge on any atom is -0.496 e. The molecule has 2 N–H and O–H groups in total. The van der Waals surface area contributed by atoms with E-state index in [9.17, 15) is 0 Å². The van der Waals surface area contributed by atoms with E-state index in [1.165, 1.54) is 11.1 Å². The number of hydrogen-bond donors (Lipinski definition) is 2. The summed E-state index contributed by atoms with van der Waals surface area (Å²) in [7, 11) is 3.44. The molecule has 0 saturated carbocycles. The van der Waals surface area contributed by atoms with Gasteiger partial charge in [-0.05, 0) is 38.8 Å². The molecular weight excluding hydrogens is 304 g/mol. The van der Waals surface area contributed by atoms with Gasteiger partial charge in [0.1, 0.15) is 11.5 Å². The molecule has 0 aliphatic carbocycles. The molecule has 6 heteroatoms. The van der Waals surface area contributed by atoms with Crippen molar-refractivity contribution in [1.29, 1.82) is 0 Å². The van der Waals surface area contributed by atoms with Crippen LogP contribution in [0.1, 0.15) is 28.5 Å². The summed E-state index contributed by atoms with van der Waals surface area (Å²) in [4.78, 5) is 8.57. The maximum Gasteiger partial charge on any atom is 0.214 e. The summed E-state index contributed by atoms with van der Waals surface area (Å²) >= 11 is 0. The Bertz CT molecular complexity index is 688. The molecule has 2 rings (SSSR count). The van der Waals surface area contributed by atoms with Crippen molar-refractivity contribution < 1.29 is 9.15 Å². The molecule has 0 saturated heterocycles. The van der Waals surface area contributed by atoms with E-state index in [0.717, 1.165) is 36.1 Å². The smallest absolute Gasteiger partial charge is 0.214 e. The molecule has 0 aliphatic heterocycles. The van der Waals surface area contributed by atoms with E-state index in [0.29, 0.717) is 12.4 Å². The number of hydrogen-bond acceptors (Lipinski definition) is 4. The molecule has 0 amide bonds. The molecular formula is C18H26N4O2. The van der Waals surface area contributed by atoms with E-state index in [4.69, 9.17) is 9.15 Å². The van der Waals surface area contributed by atoms with Crippen LogP contribution < -0.4 is 15.4 Å². The normalized spacial score (nSPS) is 11.5. The minimum atomic E-state index is 0.502. The first kappa shape index (κ1) is 17.8. The van der Waals surface area contributed by atoms with Crippen LogP contribution in [0.3, 0.4) is 0 Å². The van der Waals surface area contributed by atoms with Gasteiger partial charge in [0.15, 0.2) is 5.96 Å². The lowest BCUT2D eigenvalue weighted by Gasteiger charge is -2.13. The summed E-state index contributed by atoms with van der Waals surface area (Å²) in [5.41, 5.74) is 3.32. The topological polar surface area (TPSA) is 71.7 Å². The van der Waals surface area contributed by atoms with Crippen molar-refractivity contribution in [3.05, 3.63) is 46.7 Å². The number of aryl methyl sites for hydroxylation is 3. The Morgan fingerprint density at radius 3 is 2.67 bits per heavy atom. The third-order valence-electron chi connectivity index (χ3n) is 3.83. The van der Waals surface area contributed by atoms with Crippen LogP contribution in [0.5, 0.6) is 5.75 Å². The summed E-state index contributed by atoms with van der Waals surface area (Å²) in [6.45, 7) is 7.18. The first-order valence-corrected chi connectivity index (χ1v) is 8.04. The molecule has 0 fully saturated rings. The predicted octanol–water partition coefficient (Wildman–Crippen LogP) is 2.52. The standard InChI is InChI=1S/C18H26N4O2/c1-12-6-7-16(23-5)15(10-12)8-9-20-18(19-4)21-11-17-22-13(2)14(3)24-17/h6-7,10H,8-9,11H2,1-5H3,(H2,19,20,21). The molecule has 0 unspecified atom stereocenters. The zero-order chi connectivity index (χ0) is 17.5. The lowest BCUT2D eigenvalue weighted by Crippen LogP contribution is -2.38. The van der Waals surface area contributed by atoms with Gasteiger partial charge in [-0.2, -0.15) is 0 Å². The van der Waals surface area contributed by atoms with Gasteiger partial charge in [0.25, 0.3) is 0 Å². The maximum absolute atomic E-state index is 5.55. The highest BCUT2D eigenvalue weighted by atomic mass is 16.5. The van der Waals surface area contributed by atoms with Crippen LogP contribution in [-0.4, -0.2) is 31.6 Å².